The molecule has 0 aromatic heterocycles. The minimum absolute atomic E-state index is 0.184. The fourth-order valence-electron chi connectivity index (χ4n) is 2.91. The summed E-state index contributed by atoms with van der Waals surface area (Å²) in [5, 5.41) is 3.09. The fourth-order valence-corrected chi connectivity index (χ4v) is 3.13. The lowest BCUT2D eigenvalue weighted by molar-refractivity contribution is -0.143. The first-order valence-corrected chi connectivity index (χ1v) is 9.86. The summed E-state index contributed by atoms with van der Waals surface area (Å²) in [6.07, 6.45) is -0.184. The highest BCUT2D eigenvalue weighted by molar-refractivity contribution is 6.33. The van der Waals surface area contributed by atoms with E-state index < -0.39 is 36.1 Å². The molecule has 0 unspecified atom stereocenters. The molecule has 3 rings (SSSR count). The second kappa shape index (κ2) is 10.5. The number of halogens is 2. The van der Waals surface area contributed by atoms with Crippen molar-refractivity contribution in [2.75, 3.05) is 6.61 Å². The number of rotatable bonds is 8. The first kappa shape index (κ1) is 22.2. The number of Topliss-reactive ketones (excluding diaryl/α,β-unsaturated/α-hetero) is 1. The van der Waals surface area contributed by atoms with Crippen LogP contribution >= 0.6 is 11.6 Å². The van der Waals surface area contributed by atoms with Crippen molar-refractivity contribution in [3.8, 4) is 0 Å². The van der Waals surface area contributed by atoms with Crippen molar-refractivity contribution >= 4 is 29.3 Å². The normalized spacial score (nSPS) is 11.4. The molecule has 0 heterocycles. The minimum Gasteiger partial charge on any atom is -0.457 e. The Morgan fingerprint density at radius 2 is 1.55 bits per heavy atom. The van der Waals surface area contributed by atoms with Crippen molar-refractivity contribution < 1.29 is 23.5 Å². The Bertz CT molecular complexity index is 1070. The van der Waals surface area contributed by atoms with E-state index in [0.717, 1.165) is 12.1 Å². The molecule has 1 N–H and O–H groups in total. The van der Waals surface area contributed by atoms with E-state index in [0.29, 0.717) is 10.6 Å². The van der Waals surface area contributed by atoms with Gasteiger partial charge in [0.15, 0.2) is 12.4 Å². The van der Waals surface area contributed by atoms with E-state index in [2.05, 4.69) is 5.32 Å². The Morgan fingerprint density at radius 1 is 0.903 bits per heavy atom. The zero-order chi connectivity index (χ0) is 22.2. The summed E-state index contributed by atoms with van der Waals surface area (Å²) in [6, 6.07) is 19.8. The van der Waals surface area contributed by atoms with Crippen LogP contribution in [-0.4, -0.2) is 24.3 Å². The van der Waals surface area contributed by atoms with Crippen molar-refractivity contribution in [3.63, 3.8) is 0 Å². The average molecular weight is 440 g/mol. The zero-order valence-corrected chi connectivity index (χ0v) is 17.1. The van der Waals surface area contributed by atoms with E-state index in [4.69, 9.17) is 16.3 Å². The molecular formula is C24H19ClFNO4. The van der Waals surface area contributed by atoms with Crippen molar-refractivity contribution in [3.05, 3.63) is 106 Å². The van der Waals surface area contributed by atoms with Gasteiger partial charge >= 0.3 is 5.97 Å². The van der Waals surface area contributed by atoms with Crippen LogP contribution in [0.3, 0.4) is 0 Å². The smallest absolute Gasteiger partial charge is 0.308 e. The Kier molecular flexibility index (Phi) is 7.51. The van der Waals surface area contributed by atoms with Crippen LogP contribution < -0.4 is 5.32 Å². The van der Waals surface area contributed by atoms with E-state index in [9.17, 15) is 18.8 Å². The van der Waals surface area contributed by atoms with Gasteiger partial charge in [-0.15, -0.1) is 0 Å². The highest BCUT2D eigenvalue weighted by Crippen LogP contribution is 2.21. The number of carbonyl (C=O) groups excluding carboxylic acids is 3. The lowest BCUT2D eigenvalue weighted by atomic mass is 10.0. The highest BCUT2D eigenvalue weighted by Gasteiger charge is 2.22. The topological polar surface area (TPSA) is 72.5 Å². The fraction of sp³-hybridized carbons (Fsp3) is 0.125. The molecule has 0 saturated carbocycles. The Morgan fingerprint density at radius 3 is 2.23 bits per heavy atom. The van der Waals surface area contributed by atoms with Gasteiger partial charge in [-0.2, -0.15) is 0 Å². The number of hydrogen-bond donors (Lipinski definition) is 1. The van der Waals surface area contributed by atoms with Gasteiger partial charge in [-0.25, -0.2) is 4.39 Å². The van der Waals surface area contributed by atoms with Crippen molar-refractivity contribution in [2.45, 2.75) is 12.5 Å². The summed E-state index contributed by atoms with van der Waals surface area (Å²) in [6.45, 7) is -0.482. The van der Waals surface area contributed by atoms with Gasteiger partial charge in [0.1, 0.15) is 5.82 Å². The van der Waals surface area contributed by atoms with E-state index in [1.807, 2.05) is 6.07 Å². The molecule has 0 bridgehead atoms. The molecule has 3 aromatic rings. The Labute approximate surface area is 183 Å². The highest BCUT2D eigenvalue weighted by atomic mass is 35.5. The van der Waals surface area contributed by atoms with Gasteiger partial charge in [0, 0.05) is 5.56 Å². The predicted octanol–water partition coefficient (Wildman–Crippen LogP) is 4.77. The van der Waals surface area contributed by atoms with Gasteiger partial charge in [0.25, 0.3) is 5.91 Å². The number of ether oxygens (including phenoxy) is 1. The first-order chi connectivity index (χ1) is 14.9. The molecule has 158 valence electrons. The number of ketones is 1. The van der Waals surface area contributed by atoms with Crippen LogP contribution in [0.4, 0.5) is 4.39 Å². The molecule has 31 heavy (non-hydrogen) atoms. The zero-order valence-electron chi connectivity index (χ0n) is 16.4. The van der Waals surface area contributed by atoms with Crippen molar-refractivity contribution in [1.29, 1.82) is 0 Å². The third kappa shape index (κ3) is 6.23. The third-order valence-corrected chi connectivity index (χ3v) is 4.86. The van der Waals surface area contributed by atoms with E-state index in [1.54, 1.807) is 48.5 Å². The summed E-state index contributed by atoms with van der Waals surface area (Å²) in [4.78, 5) is 37.2. The van der Waals surface area contributed by atoms with Crippen LogP contribution in [-0.2, 0) is 9.53 Å². The second-order valence-electron chi connectivity index (χ2n) is 6.71. The van der Waals surface area contributed by atoms with E-state index in [-0.39, 0.29) is 17.5 Å². The molecular weight excluding hydrogens is 421 g/mol. The summed E-state index contributed by atoms with van der Waals surface area (Å²) in [7, 11) is 0. The largest absolute Gasteiger partial charge is 0.457 e. The molecule has 5 nitrogen and oxygen atoms in total. The number of esters is 1. The molecule has 0 aliphatic rings. The maximum atomic E-state index is 13.0. The van der Waals surface area contributed by atoms with E-state index in [1.165, 1.54) is 12.1 Å². The third-order valence-electron chi connectivity index (χ3n) is 4.53. The van der Waals surface area contributed by atoms with Gasteiger partial charge in [0.05, 0.1) is 23.0 Å². The summed E-state index contributed by atoms with van der Waals surface area (Å²) < 4.78 is 18.1. The number of nitrogens with one attached hydrogen (secondary N) is 1. The van der Waals surface area contributed by atoms with Crippen LogP contribution in [0.2, 0.25) is 5.02 Å². The second-order valence-corrected chi connectivity index (χ2v) is 7.12. The van der Waals surface area contributed by atoms with Crippen LogP contribution in [0.15, 0.2) is 78.9 Å². The molecule has 7 heteroatoms. The number of benzene rings is 3. The molecule has 0 fully saturated rings. The van der Waals surface area contributed by atoms with E-state index >= 15 is 0 Å². The standard InChI is InChI=1S/C24H19ClFNO4/c25-20-9-5-4-8-19(20)24(30)27-21(16-6-2-1-3-7-16)14-23(29)31-15-22(28)17-10-12-18(26)13-11-17/h1-13,21H,14-15H2,(H,27,30)/t21-/m0/s1. The molecule has 0 aliphatic carbocycles. The molecule has 1 atom stereocenters. The number of carbonyl (C=O) groups is 3. The van der Waals surface area contributed by atoms with Crippen molar-refractivity contribution in [2.24, 2.45) is 0 Å². The Balaban J connectivity index is 1.66. The maximum absolute atomic E-state index is 13.0. The van der Waals surface area contributed by atoms with Crippen molar-refractivity contribution in [1.82, 2.24) is 5.32 Å². The van der Waals surface area contributed by atoms with Crippen LogP contribution in [0, 0.1) is 5.82 Å². The lowest BCUT2D eigenvalue weighted by Crippen LogP contribution is -2.31. The van der Waals surface area contributed by atoms with Gasteiger partial charge in [-0.3, -0.25) is 14.4 Å². The predicted molar refractivity (Wildman–Crippen MR) is 114 cm³/mol. The quantitative estimate of drug-likeness (QED) is 0.405. The summed E-state index contributed by atoms with van der Waals surface area (Å²) >= 11 is 6.09. The Hall–Kier alpha value is -3.51. The van der Waals surface area contributed by atoms with Crippen LogP contribution in [0.1, 0.15) is 38.7 Å². The summed E-state index contributed by atoms with van der Waals surface area (Å²) in [5.41, 5.74) is 1.22. The molecule has 1 amide bonds. The van der Waals surface area contributed by atoms with Gasteiger partial charge < -0.3 is 10.1 Å². The molecule has 0 aliphatic heterocycles. The number of amides is 1. The molecule has 0 spiro atoms. The monoisotopic (exact) mass is 439 g/mol. The van der Waals surface area contributed by atoms with Gasteiger partial charge in [0.2, 0.25) is 0 Å². The molecule has 0 saturated heterocycles. The maximum Gasteiger partial charge on any atom is 0.308 e. The van der Waals surface area contributed by atoms with Crippen LogP contribution in [0.5, 0.6) is 0 Å². The van der Waals surface area contributed by atoms with Crippen LogP contribution in [0.25, 0.3) is 0 Å². The minimum atomic E-state index is -0.682. The molecule has 3 aromatic carbocycles. The molecule has 0 radical (unpaired) electrons. The average Bonchev–Trinajstić information content (AvgIpc) is 2.78. The first-order valence-electron chi connectivity index (χ1n) is 9.49. The SMILES string of the molecule is O=C(C[C@H](NC(=O)c1ccccc1Cl)c1ccccc1)OCC(=O)c1ccc(F)cc1. The number of hydrogen-bond acceptors (Lipinski definition) is 4. The summed E-state index contributed by atoms with van der Waals surface area (Å²) in [5.74, 6) is -2.02. The van der Waals surface area contributed by atoms with Gasteiger partial charge in [-0.1, -0.05) is 54.1 Å². The lowest BCUT2D eigenvalue weighted by Gasteiger charge is -2.19. The van der Waals surface area contributed by atoms with Gasteiger partial charge in [-0.05, 0) is 42.0 Å².